The van der Waals surface area contributed by atoms with E-state index in [1.54, 1.807) is 0 Å². The van der Waals surface area contributed by atoms with Crippen LogP contribution in [0.1, 0.15) is 468 Å². The quantitative estimate of drug-likeness (QED) is 0.0533. The Hall–Kier alpha value is 0. The first-order valence-corrected chi connectivity index (χ1v) is 38.1. The molecule has 0 aromatic carbocycles. The Morgan fingerprint density at radius 3 is 0.833 bits per heavy atom. The fourth-order valence-electron chi connectivity index (χ4n) is 17.2. The zero-order valence-electron chi connectivity index (χ0n) is 57.5. The fraction of sp³-hybridized carbons (Fsp3) is 0.987. The van der Waals surface area contributed by atoms with Gasteiger partial charge in [0.15, 0.2) is 0 Å². The molecule has 0 N–H and O–H groups in total. The van der Waals surface area contributed by atoms with Gasteiger partial charge in [-0.05, 0) is 97.7 Å². The van der Waals surface area contributed by atoms with Gasteiger partial charge in [-0.1, -0.05) is 404 Å². The van der Waals surface area contributed by atoms with E-state index in [9.17, 15) is 0 Å². The third kappa shape index (κ3) is 30.7. The Morgan fingerprint density at radius 1 is 0.231 bits per heavy atom. The van der Waals surface area contributed by atoms with E-state index in [0.717, 1.165) is 5.92 Å². The van der Waals surface area contributed by atoms with Crippen LogP contribution in [0.2, 0.25) is 0 Å². The first kappa shape index (κ1) is 78.0. The molecule has 0 nitrogen and oxygen atoms in total. The monoisotopic (exact) mass is 1090 g/mol. The van der Waals surface area contributed by atoms with E-state index >= 15 is 0 Å². The number of hydrogen-bond acceptors (Lipinski definition) is 0. The van der Waals surface area contributed by atoms with Gasteiger partial charge < -0.3 is 0 Å². The van der Waals surface area contributed by atoms with Crippen LogP contribution in [0.15, 0.2) is 0 Å². The minimum absolute atomic E-state index is 0.329. The lowest BCUT2D eigenvalue weighted by Gasteiger charge is -2.71. The summed E-state index contributed by atoms with van der Waals surface area (Å²) in [4.78, 5) is 0. The summed E-state index contributed by atoms with van der Waals surface area (Å²) >= 11 is 0. The zero-order valence-corrected chi connectivity index (χ0v) is 57.5. The molecule has 0 rings (SSSR count). The third-order valence-corrected chi connectivity index (χ3v) is 21.6. The second-order valence-corrected chi connectivity index (χ2v) is 27.6. The normalized spacial score (nSPS) is 15.7. The van der Waals surface area contributed by atoms with Crippen molar-refractivity contribution in [2.75, 3.05) is 0 Å². The highest BCUT2D eigenvalue weighted by Gasteiger charge is 2.68. The molecule has 5 atom stereocenters. The van der Waals surface area contributed by atoms with Crippen molar-refractivity contribution in [2.24, 2.45) is 27.6 Å². The van der Waals surface area contributed by atoms with E-state index < -0.39 is 0 Å². The maximum absolute atomic E-state index is 2.91. The van der Waals surface area contributed by atoms with Gasteiger partial charge in [-0.25, -0.2) is 0 Å². The van der Waals surface area contributed by atoms with Crippen LogP contribution in [0, 0.1) is 33.5 Å². The van der Waals surface area contributed by atoms with Crippen molar-refractivity contribution in [3.63, 3.8) is 0 Å². The Bertz CT molecular complexity index is 1170. The van der Waals surface area contributed by atoms with Crippen molar-refractivity contribution in [1.29, 1.82) is 0 Å². The largest absolute Gasteiger partial charge is 0.0654 e. The summed E-state index contributed by atoms with van der Waals surface area (Å²) in [5.74, 6) is 3.00. The van der Waals surface area contributed by atoms with Crippen molar-refractivity contribution in [3.05, 3.63) is 5.92 Å². The van der Waals surface area contributed by atoms with Crippen molar-refractivity contribution in [3.8, 4) is 0 Å². The zero-order chi connectivity index (χ0) is 57.6. The molecule has 0 fully saturated rings. The summed E-state index contributed by atoms with van der Waals surface area (Å²) in [6.07, 6.45) is 87.0. The molecular weight excluding hydrogens is 937 g/mol. The van der Waals surface area contributed by atoms with Gasteiger partial charge in [0.05, 0.1) is 0 Å². The molecule has 78 heavy (non-hydrogen) atoms. The van der Waals surface area contributed by atoms with Crippen molar-refractivity contribution < 1.29 is 0 Å². The second-order valence-electron chi connectivity index (χ2n) is 27.6. The molecule has 0 aromatic rings. The highest BCUT2D eigenvalue weighted by atomic mass is 14.7. The number of rotatable bonds is 65. The molecule has 0 saturated heterocycles. The Morgan fingerprint density at radius 2 is 0.487 bits per heavy atom. The third-order valence-electron chi connectivity index (χ3n) is 21.6. The topological polar surface area (TPSA) is 0 Å². The Balaban J connectivity index is 9.33. The van der Waals surface area contributed by atoms with Gasteiger partial charge in [-0.15, -0.1) is 0 Å². The molecule has 0 saturated carbocycles. The van der Waals surface area contributed by atoms with Gasteiger partial charge >= 0.3 is 0 Å². The molecule has 0 spiro atoms. The van der Waals surface area contributed by atoms with Gasteiger partial charge in [0.2, 0.25) is 0 Å². The first-order valence-electron chi connectivity index (χ1n) is 38.1. The van der Waals surface area contributed by atoms with Crippen LogP contribution in [0.5, 0.6) is 0 Å². The Labute approximate surface area is 499 Å². The van der Waals surface area contributed by atoms with Crippen molar-refractivity contribution in [1.82, 2.24) is 0 Å². The molecule has 469 valence electrons. The van der Waals surface area contributed by atoms with E-state index in [0.29, 0.717) is 21.7 Å². The summed E-state index contributed by atoms with van der Waals surface area (Å²) in [6.45, 7) is 30.6. The average molecular weight is 1100 g/mol. The molecule has 1 radical (unpaired) electrons. The summed E-state index contributed by atoms with van der Waals surface area (Å²) in [5, 5.41) is 0. The van der Waals surface area contributed by atoms with Gasteiger partial charge in [0, 0.05) is 0 Å². The number of hydrogen-bond donors (Lipinski definition) is 0. The summed E-state index contributed by atoms with van der Waals surface area (Å²) < 4.78 is 0. The van der Waals surface area contributed by atoms with Crippen LogP contribution < -0.4 is 0 Å². The van der Waals surface area contributed by atoms with Gasteiger partial charge in [-0.3, -0.25) is 0 Å². The van der Waals surface area contributed by atoms with Crippen LogP contribution >= 0.6 is 0 Å². The van der Waals surface area contributed by atoms with Crippen LogP contribution in [0.4, 0.5) is 0 Å². The van der Waals surface area contributed by atoms with E-state index in [1.807, 2.05) is 0 Å². The summed E-state index contributed by atoms with van der Waals surface area (Å²) in [7, 11) is 0. The van der Waals surface area contributed by atoms with Gasteiger partial charge in [0.1, 0.15) is 0 Å². The minimum atomic E-state index is 0.329. The van der Waals surface area contributed by atoms with Crippen molar-refractivity contribution >= 4 is 0 Å². The minimum Gasteiger partial charge on any atom is -0.0654 e. The maximum atomic E-state index is 2.91. The van der Waals surface area contributed by atoms with Crippen LogP contribution in [0.25, 0.3) is 0 Å². The summed E-state index contributed by atoms with van der Waals surface area (Å²) in [5.41, 5.74) is 1.39. The molecule has 0 amide bonds. The number of unbranched alkanes of at least 4 members (excludes halogenated alkanes) is 39. The highest BCUT2D eigenvalue weighted by molar-refractivity contribution is 5.23. The SMILES string of the molecule is CCCCCCCCCCC[C](CCCCCCCCCC)C(CCCCCCCC)(CCCCCCCCC)C(CCCCCC)(CCCCCCC)C(CCCC)(CCCCC)C(CC)(CCC)C(C)CCCCCC. The van der Waals surface area contributed by atoms with Crippen LogP contribution in [-0.4, -0.2) is 0 Å². The van der Waals surface area contributed by atoms with Gasteiger partial charge in [0.25, 0.3) is 0 Å². The molecule has 0 aliphatic carbocycles. The van der Waals surface area contributed by atoms with E-state index in [2.05, 4.69) is 89.0 Å². The molecule has 0 aliphatic heterocycles. The molecular formula is C78H157. The molecule has 0 heterocycles. The molecule has 5 unspecified atom stereocenters. The highest BCUT2D eigenvalue weighted by Crippen LogP contribution is 2.76. The smallest absolute Gasteiger partial charge is 0.0173 e. The van der Waals surface area contributed by atoms with E-state index in [-0.39, 0.29) is 0 Å². The second kappa shape index (κ2) is 54.9. The van der Waals surface area contributed by atoms with Crippen molar-refractivity contribution in [2.45, 2.75) is 468 Å². The maximum Gasteiger partial charge on any atom is -0.0173 e. The predicted molar refractivity (Wildman–Crippen MR) is 362 cm³/mol. The standard InChI is InChI=1S/C78H157/c1-13-24-33-40-44-46-48-51-57-65-74(64-56-50-47-45-41-34-25-14-2)76(67-59-53-43-36-27-16-4,68-60-54-49-42-35-26-15-3)78(71-61-39-30-19-7,72-62-52-37-28-17-5)77(69-32-21-9,70-58-31-20-8)75(23-11,66-22-10)73(12)63-55-38-29-18-6/h73H,13-72H2,1-12H3. The predicted octanol–water partition coefficient (Wildman–Crippen LogP) is 29.8. The molecule has 0 heteroatoms. The fourth-order valence-corrected chi connectivity index (χ4v) is 17.2. The molecule has 0 aliphatic rings. The molecule has 0 bridgehead atoms. The van der Waals surface area contributed by atoms with E-state index in [4.69, 9.17) is 0 Å². The van der Waals surface area contributed by atoms with Gasteiger partial charge in [-0.2, -0.15) is 0 Å². The summed E-state index contributed by atoms with van der Waals surface area (Å²) in [6, 6.07) is 0. The van der Waals surface area contributed by atoms with Crippen LogP contribution in [0.3, 0.4) is 0 Å². The first-order chi connectivity index (χ1) is 38.2. The molecule has 0 aromatic heterocycles. The Kier molecular flexibility index (Phi) is 54.9. The lowest BCUT2D eigenvalue weighted by Crippen LogP contribution is -2.64. The van der Waals surface area contributed by atoms with Crippen LogP contribution in [-0.2, 0) is 0 Å². The lowest BCUT2D eigenvalue weighted by atomic mass is 9.33. The lowest BCUT2D eigenvalue weighted by molar-refractivity contribution is -0.211. The van der Waals surface area contributed by atoms with E-state index in [1.165, 1.54) is 385 Å². The average Bonchev–Trinajstić information content (AvgIpc) is 3.47.